The Hall–Kier alpha value is -2.80. The van der Waals surface area contributed by atoms with Crippen LogP contribution in [-0.4, -0.2) is 19.5 Å². The van der Waals surface area contributed by atoms with E-state index in [1.807, 2.05) is 13.8 Å². The molecule has 0 bridgehead atoms. The van der Waals surface area contributed by atoms with Crippen molar-refractivity contribution >= 4 is 28.2 Å². The summed E-state index contributed by atoms with van der Waals surface area (Å²) in [5, 5.41) is -0.513. The van der Waals surface area contributed by atoms with Crippen molar-refractivity contribution in [1.82, 2.24) is 19.5 Å². The van der Waals surface area contributed by atoms with Crippen LogP contribution < -0.4 is 11.2 Å². The van der Waals surface area contributed by atoms with Gasteiger partial charge in [0.25, 0.3) is 5.56 Å². The molecule has 0 saturated heterocycles. The lowest BCUT2D eigenvalue weighted by Gasteiger charge is -2.19. The second-order valence-electron chi connectivity index (χ2n) is 6.25. The molecule has 0 radical (unpaired) electrons. The summed E-state index contributed by atoms with van der Waals surface area (Å²) in [6.07, 6.45) is 1.63. The fourth-order valence-corrected chi connectivity index (χ4v) is 2.93. The van der Waals surface area contributed by atoms with Crippen molar-refractivity contribution in [2.45, 2.75) is 26.7 Å². The molecule has 0 aliphatic carbocycles. The maximum Gasteiger partial charge on any atom is 0.334 e. The molecular weight excluding hydrogens is 359 g/mol. The molecule has 0 atom stereocenters. The molecule has 0 aliphatic heterocycles. The number of fused-ring (bicyclic) bond motifs is 1. The molecule has 8 heteroatoms. The van der Waals surface area contributed by atoms with Gasteiger partial charge in [0, 0.05) is 11.8 Å². The van der Waals surface area contributed by atoms with Crippen LogP contribution in [0.15, 0.2) is 34.5 Å². The van der Waals surface area contributed by atoms with Gasteiger partial charge in [-0.05, 0) is 30.5 Å². The van der Waals surface area contributed by atoms with E-state index in [0.717, 1.165) is 6.07 Å². The number of aromatic amines is 1. The van der Waals surface area contributed by atoms with Crippen molar-refractivity contribution in [3.05, 3.63) is 68.0 Å². The summed E-state index contributed by atoms with van der Waals surface area (Å²) in [5.41, 5.74) is 0.929. The highest BCUT2D eigenvalue weighted by atomic mass is 35.5. The molecule has 0 unspecified atom stereocenters. The second-order valence-corrected chi connectivity index (χ2v) is 6.61. The molecule has 3 heterocycles. The third kappa shape index (κ3) is 2.84. The minimum atomic E-state index is -0.842. The molecule has 0 aliphatic rings. The van der Waals surface area contributed by atoms with Gasteiger partial charge >= 0.3 is 5.69 Å². The first-order valence-corrected chi connectivity index (χ1v) is 8.26. The van der Waals surface area contributed by atoms with E-state index in [0.29, 0.717) is 22.5 Å². The van der Waals surface area contributed by atoms with Gasteiger partial charge in [-0.2, -0.15) is 0 Å². The fraction of sp³-hybridized carbons (Fsp3) is 0.222. The number of allylic oxidation sites excluding steroid dienone is 1. The predicted molar refractivity (Wildman–Crippen MR) is 99.5 cm³/mol. The minimum Gasteiger partial charge on any atom is -0.273 e. The van der Waals surface area contributed by atoms with Gasteiger partial charge in [0.05, 0.1) is 16.8 Å². The fourth-order valence-electron chi connectivity index (χ4n) is 2.79. The number of nitrogens with one attached hydrogen (secondary N) is 1. The van der Waals surface area contributed by atoms with Crippen molar-refractivity contribution in [2.75, 3.05) is 0 Å². The molecular formula is C18H16ClFN4O2. The van der Waals surface area contributed by atoms with Crippen molar-refractivity contribution in [1.29, 1.82) is 0 Å². The average molecular weight is 375 g/mol. The lowest BCUT2D eigenvalue weighted by molar-refractivity contribution is 0.623. The summed E-state index contributed by atoms with van der Waals surface area (Å²) in [5.74, 6) is -0.876. The Labute approximate surface area is 153 Å². The smallest absolute Gasteiger partial charge is 0.273 e. The van der Waals surface area contributed by atoms with E-state index in [-0.39, 0.29) is 17.0 Å². The Kier molecular flexibility index (Phi) is 4.50. The molecule has 26 heavy (non-hydrogen) atoms. The van der Waals surface area contributed by atoms with Crippen molar-refractivity contribution in [3.8, 4) is 5.69 Å². The Morgan fingerprint density at radius 1 is 1.38 bits per heavy atom. The summed E-state index contributed by atoms with van der Waals surface area (Å²) in [4.78, 5) is 35.3. The zero-order valence-electron chi connectivity index (χ0n) is 14.4. The SMILES string of the molecule is C=C(C)c1ccnc(C(C)C)c1-n1c(=O)[nH]c(=O)c2cc(F)c(Cl)nc21. The molecule has 3 aromatic heterocycles. The van der Waals surface area contributed by atoms with Crippen molar-refractivity contribution in [2.24, 2.45) is 0 Å². The lowest BCUT2D eigenvalue weighted by atomic mass is 10.0. The van der Waals surface area contributed by atoms with Crippen LogP contribution in [-0.2, 0) is 0 Å². The van der Waals surface area contributed by atoms with Crippen LogP contribution in [0.3, 0.4) is 0 Å². The van der Waals surface area contributed by atoms with Crippen molar-refractivity contribution in [3.63, 3.8) is 0 Å². The van der Waals surface area contributed by atoms with E-state index in [4.69, 9.17) is 11.6 Å². The number of aromatic nitrogens is 4. The molecule has 1 N–H and O–H groups in total. The van der Waals surface area contributed by atoms with Gasteiger partial charge in [0.1, 0.15) is 0 Å². The second kappa shape index (κ2) is 6.49. The topological polar surface area (TPSA) is 80.6 Å². The first-order chi connectivity index (χ1) is 12.2. The third-order valence-electron chi connectivity index (χ3n) is 3.98. The van der Waals surface area contributed by atoms with Crippen LogP contribution in [0.1, 0.15) is 37.9 Å². The normalized spacial score (nSPS) is 11.3. The zero-order chi connectivity index (χ0) is 19.2. The van der Waals surface area contributed by atoms with E-state index in [2.05, 4.69) is 21.5 Å². The van der Waals surface area contributed by atoms with Crippen LogP contribution >= 0.6 is 11.6 Å². The number of rotatable bonds is 3. The minimum absolute atomic E-state index is 0.0332. The maximum atomic E-state index is 13.8. The van der Waals surface area contributed by atoms with E-state index >= 15 is 0 Å². The molecule has 0 spiro atoms. The average Bonchev–Trinajstić information content (AvgIpc) is 2.56. The van der Waals surface area contributed by atoms with Crippen LogP contribution in [0.25, 0.3) is 22.3 Å². The van der Waals surface area contributed by atoms with Crippen LogP contribution in [0.4, 0.5) is 4.39 Å². The summed E-state index contributed by atoms with van der Waals surface area (Å²) in [6, 6.07) is 2.68. The van der Waals surface area contributed by atoms with E-state index in [1.165, 1.54) is 4.57 Å². The first-order valence-electron chi connectivity index (χ1n) is 7.88. The van der Waals surface area contributed by atoms with Gasteiger partial charge in [-0.25, -0.2) is 18.7 Å². The van der Waals surface area contributed by atoms with E-state index in [1.54, 1.807) is 19.2 Å². The number of hydrogen-bond acceptors (Lipinski definition) is 4. The number of halogens is 2. The van der Waals surface area contributed by atoms with Crippen LogP contribution in [0.2, 0.25) is 5.15 Å². The summed E-state index contributed by atoms with van der Waals surface area (Å²) < 4.78 is 15.0. The maximum absolute atomic E-state index is 13.8. The Morgan fingerprint density at radius 2 is 2.08 bits per heavy atom. The Morgan fingerprint density at radius 3 is 2.69 bits per heavy atom. The standard InChI is InChI=1S/C18H16ClFN4O2/c1-8(2)10-5-6-21-13(9(3)4)14(10)24-16-11(17(25)23-18(24)26)7-12(20)15(19)22-16/h5-7,9H,1H2,2-4H3,(H,23,25,26). The first kappa shape index (κ1) is 18.0. The predicted octanol–water partition coefficient (Wildman–Crippen LogP) is 3.42. The van der Waals surface area contributed by atoms with Gasteiger partial charge in [-0.3, -0.25) is 14.8 Å². The number of H-pyrrole nitrogens is 1. The number of hydrogen-bond donors (Lipinski definition) is 1. The highest BCUT2D eigenvalue weighted by Crippen LogP contribution is 2.29. The van der Waals surface area contributed by atoms with Gasteiger partial charge in [-0.1, -0.05) is 32.0 Å². The van der Waals surface area contributed by atoms with Gasteiger partial charge in [0.2, 0.25) is 0 Å². The molecule has 0 saturated carbocycles. The van der Waals surface area contributed by atoms with Gasteiger partial charge in [0.15, 0.2) is 16.6 Å². The molecule has 6 nitrogen and oxygen atoms in total. The zero-order valence-corrected chi connectivity index (χ0v) is 15.2. The highest BCUT2D eigenvalue weighted by molar-refractivity contribution is 6.29. The molecule has 3 aromatic rings. The largest absolute Gasteiger partial charge is 0.334 e. The van der Waals surface area contributed by atoms with E-state index < -0.39 is 22.2 Å². The number of pyridine rings is 2. The number of nitrogens with zero attached hydrogens (tertiary/aromatic N) is 3. The third-order valence-corrected chi connectivity index (χ3v) is 4.24. The molecule has 0 aromatic carbocycles. The summed E-state index contributed by atoms with van der Waals surface area (Å²) in [6.45, 7) is 9.59. The monoisotopic (exact) mass is 374 g/mol. The lowest BCUT2D eigenvalue weighted by Crippen LogP contribution is -2.31. The van der Waals surface area contributed by atoms with E-state index in [9.17, 15) is 14.0 Å². The Bertz CT molecular complexity index is 1160. The van der Waals surface area contributed by atoms with Gasteiger partial charge in [-0.15, -0.1) is 0 Å². The quantitative estimate of drug-likeness (QED) is 0.712. The van der Waals surface area contributed by atoms with Gasteiger partial charge < -0.3 is 0 Å². The molecule has 3 rings (SSSR count). The summed E-state index contributed by atoms with van der Waals surface area (Å²) >= 11 is 5.81. The molecule has 134 valence electrons. The highest BCUT2D eigenvalue weighted by Gasteiger charge is 2.21. The molecule has 0 amide bonds. The van der Waals surface area contributed by atoms with Crippen molar-refractivity contribution < 1.29 is 4.39 Å². The van der Waals surface area contributed by atoms with Crippen LogP contribution in [0.5, 0.6) is 0 Å². The van der Waals surface area contributed by atoms with Crippen LogP contribution in [0, 0.1) is 5.82 Å². The summed E-state index contributed by atoms with van der Waals surface area (Å²) in [7, 11) is 0. The Balaban J connectivity index is 2.59. The molecule has 0 fully saturated rings.